The van der Waals surface area contributed by atoms with Gasteiger partial charge in [-0.1, -0.05) is 55.5 Å². The summed E-state index contributed by atoms with van der Waals surface area (Å²) in [5.74, 6) is -1.22. The van der Waals surface area contributed by atoms with E-state index in [1.807, 2.05) is 31.2 Å². The lowest BCUT2D eigenvalue weighted by Crippen LogP contribution is -2.53. The monoisotopic (exact) mass is 436 g/mol. The number of nitrogens with one attached hydrogen (secondary N) is 1. The number of benzene rings is 2. The molecule has 1 atom stereocenters. The highest BCUT2D eigenvalue weighted by Crippen LogP contribution is 2.44. The van der Waals surface area contributed by atoms with Gasteiger partial charge in [0.2, 0.25) is 5.91 Å². The second-order valence-electron chi connectivity index (χ2n) is 8.68. The molecule has 1 unspecified atom stereocenters. The van der Waals surface area contributed by atoms with Crippen LogP contribution in [0.5, 0.6) is 0 Å². The predicted molar refractivity (Wildman–Crippen MR) is 119 cm³/mol. The summed E-state index contributed by atoms with van der Waals surface area (Å²) >= 11 is 0. The van der Waals surface area contributed by atoms with Crippen LogP contribution in [0.15, 0.2) is 48.5 Å². The van der Waals surface area contributed by atoms with Gasteiger partial charge in [0, 0.05) is 32.0 Å². The number of fused-ring (bicyclic) bond motifs is 3. The third kappa shape index (κ3) is 4.61. The van der Waals surface area contributed by atoms with E-state index in [1.165, 1.54) is 22.3 Å². The molecule has 1 fully saturated rings. The summed E-state index contributed by atoms with van der Waals surface area (Å²) in [7, 11) is 0. The van der Waals surface area contributed by atoms with Gasteiger partial charge in [-0.2, -0.15) is 0 Å². The maximum absolute atomic E-state index is 12.2. The van der Waals surface area contributed by atoms with Gasteiger partial charge in [-0.25, -0.2) is 4.79 Å². The number of carboxylic acids is 1. The molecule has 1 aliphatic heterocycles. The lowest BCUT2D eigenvalue weighted by atomic mass is 9.97. The first-order valence-corrected chi connectivity index (χ1v) is 11.0. The van der Waals surface area contributed by atoms with E-state index in [2.05, 4.69) is 29.6 Å². The van der Waals surface area contributed by atoms with Crippen LogP contribution >= 0.6 is 0 Å². The van der Waals surface area contributed by atoms with Gasteiger partial charge in [0.1, 0.15) is 6.61 Å². The molecule has 2 aliphatic rings. The predicted octanol–water partition coefficient (Wildman–Crippen LogP) is 3.48. The van der Waals surface area contributed by atoms with Crippen molar-refractivity contribution in [1.29, 1.82) is 0 Å². The lowest BCUT2D eigenvalue weighted by molar-refractivity contribution is -0.153. The highest BCUT2D eigenvalue weighted by atomic mass is 16.5. The van der Waals surface area contributed by atoms with Gasteiger partial charge in [0.25, 0.3) is 0 Å². The van der Waals surface area contributed by atoms with Crippen LogP contribution in [0.3, 0.4) is 0 Å². The average molecular weight is 437 g/mol. The van der Waals surface area contributed by atoms with Gasteiger partial charge >= 0.3 is 12.1 Å². The molecule has 0 aromatic heterocycles. The summed E-state index contributed by atoms with van der Waals surface area (Å²) in [6.45, 7) is 3.22. The zero-order valence-corrected chi connectivity index (χ0v) is 18.1. The van der Waals surface area contributed by atoms with Gasteiger partial charge in [-0.05, 0) is 34.6 Å². The van der Waals surface area contributed by atoms with Crippen LogP contribution in [-0.4, -0.2) is 54.2 Å². The Morgan fingerprint density at radius 2 is 1.66 bits per heavy atom. The maximum atomic E-state index is 12.2. The highest BCUT2D eigenvalue weighted by molar-refractivity contribution is 5.81. The third-order valence-electron chi connectivity index (χ3n) is 6.36. The second kappa shape index (κ2) is 9.42. The van der Waals surface area contributed by atoms with E-state index in [0.717, 1.165) is 0 Å². The number of likely N-dealkylation sites (tertiary alicyclic amines) is 1. The molecule has 2 aromatic rings. The molecule has 1 aliphatic carbocycles. The fourth-order valence-electron chi connectivity index (χ4n) is 4.44. The normalized spacial score (nSPS) is 16.0. The van der Waals surface area contributed by atoms with E-state index in [9.17, 15) is 14.4 Å². The first-order valence-electron chi connectivity index (χ1n) is 11.0. The molecule has 7 heteroatoms. The van der Waals surface area contributed by atoms with Crippen molar-refractivity contribution >= 4 is 18.0 Å². The Hall–Kier alpha value is -3.35. The number of ether oxygens (including phenoxy) is 1. The average Bonchev–Trinajstić information content (AvgIpc) is 3.04. The number of aliphatic carboxylic acids is 1. The summed E-state index contributed by atoms with van der Waals surface area (Å²) in [6, 6.07) is 16.4. The van der Waals surface area contributed by atoms with Crippen molar-refractivity contribution in [2.45, 2.75) is 25.7 Å². The molecule has 7 nitrogen and oxygen atoms in total. The molecule has 0 radical (unpaired) electrons. The number of hydrogen-bond donors (Lipinski definition) is 2. The third-order valence-corrected chi connectivity index (χ3v) is 6.36. The quantitative estimate of drug-likeness (QED) is 0.661. The summed E-state index contributed by atoms with van der Waals surface area (Å²) in [5, 5.41) is 11.7. The van der Waals surface area contributed by atoms with Crippen molar-refractivity contribution < 1.29 is 24.2 Å². The van der Waals surface area contributed by atoms with E-state index in [1.54, 1.807) is 4.90 Å². The Kier molecular flexibility index (Phi) is 6.44. The van der Waals surface area contributed by atoms with Crippen molar-refractivity contribution in [3.8, 4) is 11.1 Å². The minimum Gasteiger partial charge on any atom is -0.481 e. The van der Waals surface area contributed by atoms with Gasteiger partial charge in [-0.15, -0.1) is 0 Å². The summed E-state index contributed by atoms with van der Waals surface area (Å²) < 4.78 is 5.52. The Morgan fingerprint density at radius 1 is 1.06 bits per heavy atom. The zero-order valence-electron chi connectivity index (χ0n) is 18.1. The molecule has 2 amide bonds. The van der Waals surface area contributed by atoms with Gasteiger partial charge in [0.15, 0.2) is 0 Å². The molecule has 168 valence electrons. The molecule has 1 heterocycles. The Bertz CT molecular complexity index is 969. The van der Waals surface area contributed by atoms with Crippen molar-refractivity contribution in [3.63, 3.8) is 0 Å². The Morgan fingerprint density at radius 3 is 2.25 bits per heavy atom. The number of amides is 2. The van der Waals surface area contributed by atoms with Crippen LogP contribution in [0.1, 0.15) is 36.8 Å². The number of alkyl carbamates (subject to hydrolysis) is 1. The molecular weight excluding hydrogens is 408 g/mol. The van der Waals surface area contributed by atoms with Crippen LogP contribution in [0.25, 0.3) is 11.1 Å². The fraction of sp³-hybridized carbons (Fsp3) is 0.400. The zero-order chi connectivity index (χ0) is 22.7. The van der Waals surface area contributed by atoms with Crippen LogP contribution < -0.4 is 5.32 Å². The van der Waals surface area contributed by atoms with Crippen LogP contribution in [0.4, 0.5) is 4.79 Å². The summed E-state index contributed by atoms with van der Waals surface area (Å²) in [4.78, 5) is 36.8. The molecule has 0 saturated carbocycles. The van der Waals surface area contributed by atoms with E-state index in [-0.39, 0.29) is 24.3 Å². The molecule has 2 N–H and O–H groups in total. The number of hydrogen-bond acceptors (Lipinski definition) is 4. The minimum absolute atomic E-state index is 0.0239. The standard InChI is InChI=1S/C25H28N2O5/c1-16(12-23(28)27-13-17(14-27)24(29)30)10-11-26-25(31)32-15-22-20-8-4-2-6-18(20)19-7-3-5-9-21(19)22/h2-9,16-17,22H,10-15H2,1H3,(H,26,31)(H,29,30). The SMILES string of the molecule is CC(CCNC(=O)OCC1c2ccccc2-c2ccccc21)CC(=O)N1CC(C(=O)O)C1. The van der Waals surface area contributed by atoms with Crippen molar-refractivity contribution in [2.75, 3.05) is 26.2 Å². The van der Waals surface area contributed by atoms with Crippen molar-refractivity contribution in [3.05, 3.63) is 59.7 Å². The van der Waals surface area contributed by atoms with Crippen LogP contribution in [0, 0.1) is 11.8 Å². The fourth-order valence-corrected chi connectivity index (χ4v) is 4.44. The molecule has 4 rings (SSSR count). The molecule has 0 bridgehead atoms. The molecule has 32 heavy (non-hydrogen) atoms. The smallest absolute Gasteiger partial charge is 0.407 e. The van der Waals surface area contributed by atoms with Crippen molar-refractivity contribution in [2.24, 2.45) is 11.8 Å². The molecule has 0 spiro atoms. The number of rotatable bonds is 8. The number of carboxylic acid groups (broad SMARTS) is 1. The highest BCUT2D eigenvalue weighted by Gasteiger charge is 2.35. The minimum atomic E-state index is -0.852. The molecule has 1 saturated heterocycles. The second-order valence-corrected chi connectivity index (χ2v) is 8.68. The van der Waals surface area contributed by atoms with Gasteiger partial charge < -0.3 is 20.1 Å². The number of nitrogens with zero attached hydrogens (tertiary/aromatic N) is 1. The van der Waals surface area contributed by atoms with Crippen LogP contribution in [0.2, 0.25) is 0 Å². The summed E-state index contributed by atoms with van der Waals surface area (Å²) in [5.41, 5.74) is 4.72. The number of carbonyl (C=O) groups is 3. The first kappa shape index (κ1) is 21.9. The van der Waals surface area contributed by atoms with Crippen molar-refractivity contribution in [1.82, 2.24) is 10.2 Å². The van der Waals surface area contributed by atoms with Gasteiger partial charge in [-0.3, -0.25) is 9.59 Å². The van der Waals surface area contributed by atoms with E-state index >= 15 is 0 Å². The Balaban J connectivity index is 1.19. The van der Waals surface area contributed by atoms with E-state index in [4.69, 9.17) is 9.84 Å². The number of carbonyl (C=O) groups excluding carboxylic acids is 2. The van der Waals surface area contributed by atoms with E-state index < -0.39 is 18.0 Å². The summed E-state index contributed by atoms with van der Waals surface area (Å²) in [6.07, 6.45) is 0.530. The van der Waals surface area contributed by atoms with Crippen LogP contribution in [-0.2, 0) is 14.3 Å². The molecule has 2 aromatic carbocycles. The topological polar surface area (TPSA) is 95.9 Å². The lowest BCUT2D eigenvalue weighted by Gasteiger charge is -2.37. The first-order chi connectivity index (χ1) is 15.4. The van der Waals surface area contributed by atoms with Gasteiger partial charge in [0.05, 0.1) is 5.92 Å². The largest absolute Gasteiger partial charge is 0.481 e. The Labute approximate surface area is 187 Å². The van der Waals surface area contributed by atoms with E-state index in [0.29, 0.717) is 32.5 Å². The maximum Gasteiger partial charge on any atom is 0.407 e. The molecular formula is C25H28N2O5.